The van der Waals surface area contributed by atoms with E-state index in [2.05, 4.69) is 10.4 Å². The molecule has 22 heavy (non-hydrogen) atoms. The number of carbonyl (C=O) groups is 1. The number of rotatable bonds is 4. The van der Waals surface area contributed by atoms with Crippen LogP contribution in [0.1, 0.15) is 17.3 Å². The van der Waals surface area contributed by atoms with E-state index in [1.165, 1.54) is 0 Å². The molecule has 0 aliphatic carbocycles. The lowest BCUT2D eigenvalue weighted by atomic mass is 10.1. The van der Waals surface area contributed by atoms with E-state index in [-0.39, 0.29) is 5.91 Å². The Morgan fingerprint density at radius 2 is 1.68 bits per heavy atom. The Morgan fingerprint density at radius 1 is 1.05 bits per heavy atom. The van der Waals surface area contributed by atoms with Crippen molar-refractivity contribution in [1.82, 2.24) is 15.1 Å². The molecule has 4 nitrogen and oxygen atoms in total. The minimum Gasteiger partial charge on any atom is -0.352 e. The van der Waals surface area contributed by atoms with Crippen LogP contribution < -0.4 is 5.32 Å². The third-order valence-electron chi connectivity index (χ3n) is 3.36. The number of nitrogens with one attached hydrogen (secondary N) is 1. The second-order valence-electron chi connectivity index (χ2n) is 4.90. The maximum absolute atomic E-state index is 12.3. The number of amides is 1. The third kappa shape index (κ3) is 2.76. The number of aromatic nitrogens is 2. The standard InChI is InChI=1S/C18H17N3O/c1-2-19-18(22)16-13-21(15-11-7-4-8-12-15)20-17(16)14-9-5-3-6-10-14/h3-13H,2H2,1H3,(H,19,22). The van der Waals surface area contributed by atoms with E-state index >= 15 is 0 Å². The largest absolute Gasteiger partial charge is 0.352 e. The molecule has 0 saturated heterocycles. The highest BCUT2D eigenvalue weighted by Gasteiger charge is 2.17. The summed E-state index contributed by atoms with van der Waals surface area (Å²) in [5.41, 5.74) is 3.13. The average Bonchev–Trinajstić information content (AvgIpc) is 3.02. The van der Waals surface area contributed by atoms with Gasteiger partial charge in [0.15, 0.2) is 0 Å². The molecule has 3 aromatic rings. The normalized spacial score (nSPS) is 10.4. The third-order valence-corrected chi connectivity index (χ3v) is 3.36. The van der Waals surface area contributed by atoms with Crippen LogP contribution in [0.25, 0.3) is 16.9 Å². The summed E-state index contributed by atoms with van der Waals surface area (Å²) >= 11 is 0. The van der Waals surface area contributed by atoms with Crippen molar-refractivity contribution in [2.24, 2.45) is 0 Å². The highest BCUT2D eigenvalue weighted by Crippen LogP contribution is 2.23. The quantitative estimate of drug-likeness (QED) is 0.802. The summed E-state index contributed by atoms with van der Waals surface area (Å²) in [5, 5.41) is 7.45. The molecule has 0 bridgehead atoms. The van der Waals surface area contributed by atoms with Gasteiger partial charge in [-0.05, 0) is 19.1 Å². The molecular formula is C18H17N3O. The van der Waals surface area contributed by atoms with Gasteiger partial charge in [-0.3, -0.25) is 4.79 Å². The molecule has 0 spiro atoms. The minimum absolute atomic E-state index is 0.108. The number of hydrogen-bond acceptors (Lipinski definition) is 2. The van der Waals surface area contributed by atoms with Crippen LogP contribution in [-0.2, 0) is 0 Å². The second kappa shape index (κ2) is 6.26. The van der Waals surface area contributed by atoms with Crippen LogP contribution in [-0.4, -0.2) is 22.2 Å². The van der Waals surface area contributed by atoms with Gasteiger partial charge in [-0.25, -0.2) is 4.68 Å². The highest BCUT2D eigenvalue weighted by molar-refractivity contribution is 5.99. The van der Waals surface area contributed by atoms with Crippen LogP contribution in [0.3, 0.4) is 0 Å². The topological polar surface area (TPSA) is 46.9 Å². The number of nitrogens with zero attached hydrogens (tertiary/aromatic N) is 2. The first-order valence-corrected chi connectivity index (χ1v) is 7.28. The van der Waals surface area contributed by atoms with Gasteiger partial charge in [0.25, 0.3) is 5.91 Å². The summed E-state index contributed by atoms with van der Waals surface area (Å²) in [6.45, 7) is 2.49. The number of benzene rings is 2. The SMILES string of the molecule is CCNC(=O)c1cn(-c2ccccc2)nc1-c1ccccc1. The Morgan fingerprint density at radius 3 is 2.32 bits per heavy atom. The van der Waals surface area contributed by atoms with E-state index in [1.807, 2.05) is 67.6 Å². The lowest BCUT2D eigenvalue weighted by Crippen LogP contribution is -2.22. The summed E-state index contributed by atoms with van der Waals surface area (Å²) < 4.78 is 1.74. The molecule has 0 atom stereocenters. The summed E-state index contributed by atoms with van der Waals surface area (Å²) in [6.07, 6.45) is 1.78. The van der Waals surface area contributed by atoms with Crippen LogP contribution in [0.5, 0.6) is 0 Å². The van der Waals surface area contributed by atoms with Gasteiger partial charge in [-0.2, -0.15) is 5.10 Å². The monoisotopic (exact) mass is 291 g/mol. The lowest BCUT2D eigenvalue weighted by molar-refractivity contribution is 0.0956. The Kier molecular flexibility index (Phi) is 4.01. The highest BCUT2D eigenvalue weighted by atomic mass is 16.1. The molecule has 1 heterocycles. The van der Waals surface area contributed by atoms with Gasteiger partial charge in [0.2, 0.25) is 0 Å². The molecule has 2 aromatic carbocycles. The number of para-hydroxylation sites is 1. The van der Waals surface area contributed by atoms with Crippen LogP contribution in [0.4, 0.5) is 0 Å². The van der Waals surface area contributed by atoms with Gasteiger partial charge in [0.05, 0.1) is 11.3 Å². The maximum atomic E-state index is 12.3. The number of hydrogen-bond donors (Lipinski definition) is 1. The fourth-order valence-electron chi connectivity index (χ4n) is 2.32. The van der Waals surface area contributed by atoms with Crippen LogP contribution in [0, 0.1) is 0 Å². The van der Waals surface area contributed by atoms with E-state index in [0.29, 0.717) is 17.8 Å². The summed E-state index contributed by atoms with van der Waals surface area (Å²) in [7, 11) is 0. The number of carbonyl (C=O) groups excluding carboxylic acids is 1. The van der Waals surface area contributed by atoms with Crippen LogP contribution in [0.2, 0.25) is 0 Å². The second-order valence-corrected chi connectivity index (χ2v) is 4.90. The zero-order valence-electron chi connectivity index (χ0n) is 12.4. The van der Waals surface area contributed by atoms with Crippen molar-refractivity contribution in [1.29, 1.82) is 0 Å². The van der Waals surface area contributed by atoms with E-state index in [0.717, 1.165) is 11.3 Å². The average molecular weight is 291 g/mol. The van der Waals surface area contributed by atoms with Crippen molar-refractivity contribution in [3.63, 3.8) is 0 Å². The molecule has 1 aromatic heterocycles. The van der Waals surface area contributed by atoms with Crippen molar-refractivity contribution in [3.05, 3.63) is 72.4 Å². The van der Waals surface area contributed by atoms with Crippen LogP contribution >= 0.6 is 0 Å². The first kappa shape index (κ1) is 14.1. The van der Waals surface area contributed by atoms with Gasteiger partial charge < -0.3 is 5.32 Å². The predicted molar refractivity (Wildman–Crippen MR) is 87.0 cm³/mol. The molecule has 0 fully saturated rings. The van der Waals surface area contributed by atoms with E-state index in [4.69, 9.17) is 0 Å². The maximum Gasteiger partial charge on any atom is 0.255 e. The van der Waals surface area contributed by atoms with Crippen molar-refractivity contribution in [3.8, 4) is 16.9 Å². The summed E-state index contributed by atoms with van der Waals surface area (Å²) in [6, 6.07) is 19.5. The molecule has 0 radical (unpaired) electrons. The molecule has 110 valence electrons. The fourth-order valence-corrected chi connectivity index (χ4v) is 2.32. The van der Waals surface area contributed by atoms with Gasteiger partial charge in [0.1, 0.15) is 5.69 Å². The molecule has 0 aliphatic heterocycles. The molecular weight excluding hydrogens is 274 g/mol. The summed E-state index contributed by atoms with van der Waals surface area (Å²) in [5.74, 6) is -0.108. The van der Waals surface area contributed by atoms with Crippen LogP contribution in [0.15, 0.2) is 66.9 Å². The Labute approximate surface area is 129 Å². The smallest absolute Gasteiger partial charge is 0.255 e. The van der Waals surface area contributed by atoms with E-state index in [9.17, 15) is 4.79 Å². The Bertz CT molecular complexity index is 764. The Hall–Kier alpha value is -2.88. The van der Waals surface area contributed by atoms with Gasteiger partial charge >= 0.3 is 0 Å². The molecule has 3 rings (SSSR count). The molecule has 1 amide bonds. The van der Waals surface area contributed by atoms with Gasteiger partial charge in [0, 0.05) is 18.3 Å². The molecule has 0 aliphatic rings. The lowest BCUT2D eigenvalue weighted by Gasteiger charge is -2.02. The first-order valence-electron chi connectivity index (χ1n) is 7.28. The van der Waals surface area contributed by atoms with E-state index < -0.39 is 0 Å². The van der Waals surface area contributed by atoms with Crippen molar-refractivity contribution < 1.29 is 4.79 Å². The molecule has 4 heteroatoms. The minimum atomic E-state index is -0.108. The zero-order chi connectivity index (χ0) is 15.4. The van der Waals surface area contributed by atoms with Gasteiger partial charge in [-0.15, -0.1) is 0 Å². The predicted octanol–water partition coefficient (Wildman–Crippen LogP) is 3.29. The van der Waals surface area contributed by atoms with Crippen molar-refractivity contribution in [2.75, 3.05) is 6.54 Å². The zero-order valence-corrected chi connectivity index (χ0v) is 12.4. The molecule has 0 unspecified atom stereocenters. The van der Waals surface area contributed by atoms with E-state index in [1.54, 1.807) is 10.9 Å². The Balaban J connectivity index is 2.11. The van der Waals surface area contributed by atoms with Gasteiger partial charge in [-0.1, -0.05) is 48.5 Å². The first-order chi connectivity index (χ1) is 10.8. The summed E-state index contributed by atoms with van der Waals surface area (Å²) in [4.78, 5) is 12.3. The fraction of sp³-hybridized carbons (Fsp3) is 0.111. The van der Waals surface area contributed by atoms with Crippen molar-refractivity contribution in [2.45, 2.75) is 6.92 Å². The molecule has 0 saturated carbocycles. The molecule has 1 N–H and O–H groups in total. The van der Waals surface area contributed by atoms with Crippen molar-refractivity contribution >= 4 is 5.91 Å².